The lowest BCUT2D eigenvalue weighted by molar-refractivity contribution is 0.0951. The summed E-state index contributed by atoms with van der Waals surface area (Å²) in [6.07, 6.45) is 1.46. The van der Waals surface area contributed by atoms with Crippen molar-refractivity contribution >= 4 is 33.2 Å². The number of aromatic nitrogens is 1. The summed E-state index contributed by atoms with van der Waals surface area (Å²) in [4.78, 5) is 26.3. The predicted octanol–water partition coefficient (Wildman–Crippen LogP) is 2.13. The first-order valence-corrected chi connectivity index (χ1v) is 6.47. The van der Waals surface area contributed by atoms with Gasteiger partial charge in [0.15, 0.2) is 0 Å². The van der Waals surface area contributed by atoms with Crippen molar-refractivity contribution in [3.8, 4) is 0 Å². The summed E-state index contributed by atoms with van der Waals surface area (Å²) in [7, 11) is 0. The van der Waals surface area contributed by atoms with Gasteiger partial charge in [-0.15, -0.1) is 11.3 Å². The van der Waals surface area contributed by atoms with E-state index in [2.05, 4.69) is 26.2 Å². The van der Waals surface area contributed by atoms with Gasteiger partial charge in [0.25, 0.3) is 5.91 Å². The van der Waals surface area contributed by atoms with Gasteiger partial charge >= 0.3 is 0 Å². The van der Waals surface area contributed by atoms with Gasteiger partial charge in [-0.2, -0.15) is 0 Å². The van der Waals surface area contributed by atoms with Crippen LogP contribution >= 0.6 is 27.3 Å². The molecule has 0 fully saturated rings. The number of aromatic amines is 1. The molecule has 2 aromatic heterocycles. The number of carbonyl (C=O) groups is 1. The van der Waals surface area contributed by atoms with Crippen molar-refractivity contribution in [3.05, 3.63) is 55.0 Å². The molecule has 0 aromatic carbocycles. The van der Waals surface area contributed by atoms with Crippen molar-refractivity contribution < 1.29 is 4.79 Å². The third kappa shape index (κ3) is 3.28. The Hall–Kier alpha value is -1.40. The van der Waals surface area contributed by atoms with E-state index in [9.17, 15) is 9.59 Å². The van der Waals surface area contributed by atoms with Gasteiger partial charge in [-0.25, -0.2) is 0 Å². The lowest BCUT2D eigenvalue weighted by atomic mass is 10.2. The minimum absolute atomic E-state index is 0.249. The molecule has 0 aliphatic carbocycles. The largest absolute Gasteiger partial charge is 0.347 e. The third-order valence-electron chi connectivity index (χ3n) is 2.09. The molecule has 0 radical (unpaired) electrons. The van der Waals surface area contributed by atoms with Crippen molar-refractivity contribution in [2.45, 2.75) is 6.54 Å². The summed E-state index contributed by atoms with van der Waals surface area (Å²) in [6.45, 7) is 0.460. The number of hydrogen-bond acceptors (Lipinski definition) is 3. The van der Waals surface area contributed by atoms with E-state index in [0.717, 1.165) is 8.66 Å². The highest BCUT2D eigenvalue weighted by atomic mass is 79.9. The fraction of sp³-hybridized carbons (Fsp3) is 0.0909. The first kappa shape index (κ1) is 12.1. The number of halogens is 1. The summed E-state index contributed by atoms with van der Waals surface area (Å²) in [5.41, 5.74) is 0.0842. The number of H-pyrrole nitrogens is 1. The molecule has 0 spiro atoms. The predicted molar refractivity (Wildman–Crippen MR) is 70.3 cm³/mol. The van der Waals surface area contributed by atoms with E-state index in [4.69, 9.17) is 0 Å². The van der Waals surface area contributed by atoms with Crippen LogP contribution in [0.2, 0.25) is 0 Å². The molecule has 6 heteroatoms. The van der Waals surface area contributed by atoms with Crippen molar-refractivity contribution in [1.29, 1.82) is 0 Å². The van der Waals surface area contributed by atoms with Crippen LogP contribution in [0.5, 0.6) is 0 Å². The van der Waals surface area contributed by atoms with Crippen LogP contribution in [0.15, 0.2) is 39.0 Å². The molecule has 0 aliphatic rings. The normalized spacial score (nSPS) is 10.2. The molecule has 1 amide bonds. The van der Waals surface area contributed by atoms with Crippen LogP contribution in [-0.4, -0.2) is 10.9 Å². The highest BCUT2D eigenvalue weighted by Gasteiger charge is 2.06. The Kier molecular flexibility index (Phi) is 3.75. The first-order valence-electron chi connectivity index (χ1n) is 4.86. The van der Waals surface area contributed by atoms with Gasteiger partial charge in [-0.05, 0) is 34.1 Å². The van der Waals surface area contributed by atoms with Gasteiger partial charge in [-0.3, -0.25) is 9.59 Å². The standard InChI is InChI=1S/C11H9BrN2O2S/c12-9-2-1-8(17-9)6-14-11(16)7-3-4-13-10(15)5-7/h1-5H,6H2,(H,13,15)(H,14,16). The van der Waals surface area contributed by atoms with Crippen LogP contribution in [0.3, 0.4) is 0 Å². The molecule has 2 rings (SSSR count). The number of thiophene rings is 1. The monoisotopic (exact) mass is 312 g/mol. The minimum Gasteiger partial charge on any atom is -0.347 e. The molecule has 2 N–H and O–H groups in total. The van der Waals surface area contributed by atoms with Crippen LogP contribution in [0.25, 0.3) is 0 Å². The zero-order valence-electron chi connectivity index (χ0n) is 8.70. The maximum atomic E-state index is 11.7. The number of amides is 1. The van der Waals surface area contributed by atoms with Gasteiger partial charge in [0.1, 0.15) is 0 Å². The molecule has 2 aromatic rings. The van der Waals surface area contributed by atoms with Crippen molar-refractivity contribution in [2.75, 3.05) is 0 Å². The molecule has 17 heavy (non-hydrogen) atoms. The van der Waals surface area contributed by atoms with Crippen LogP contribution in [0.4, 0.5) is 0 Å². The lowest BCUT2D eigenvalue weighted by Gasteiger charge is -2.02. The van der Waals surface area contributed by atoms with Gasteiger partial charge < -0.3 is 10.3 Å². The molecule has 0 bridgehead atoms. The van der Waals surface area contributed by atoms with Gasteiger partial charge in [0, 0.05) is 22.7 Å². The Bertz CT molecular complexity index is 591. The SMILES string of the molecule is O=C(NCc1ccc(Br)s1)c1cc[nH]c(=O)c1. The zero-order valence-corrected chi connectivity index (χ0v) is 11.1. The fourth-order valence-electron chi connectivity index (χ4n) is 1.30. The Balaban J connectivity index is 2.00. The quantitative estimate of drug-likeness (QED) is 0.912. The number of pyridine rings is 1. The number of nitrogens with one attached hydrogen (secondary N) is 2. The summed E-state index contributed by atoms with van der Waals surface area (Å²) in [6, 6.07) is 6.72. The van der Waals surface area contributed by atoms with E-state index in [1.54, 1.807) is 17.4 Å². The molecule has 4 nitrogen and oxygen atoms in total. The average molecular weight is 313 g/mol. The lowest BCUT2D eigenvalue weighted by Crippen LogP contribution is -2.23. The van der Waals surface area contributed by atoms with Crippen molar-refractivity contribution in [3.63, 3.8) is 0 Å². The Labute approximate surface area is 110 Å². The molecule has 0 unspecified atom stereocenters. The molecular weight excluding hydrogens is 304 g/mol. The topological polar surface area (TPSA) is 62.0 Å². The summed E-state index contributed by atoms with van der Waals surface area (Å²) >= 11 is 4.92. The van der Waals surface area contributed by atoms with Crippen molar-refractivity contribution in [1.82, 2.24) is 10.3 Å². The van der Waals surface area contributed by atoms with E-state index in [1.165, 1.54) is 12.3 Å². The second kappa shape index (κ2) is 5.29. The average Bonchev–Trinajstić information content (AvgIpc) is 2.72. The molecule has 0 saturated heterocycles. The second-order valence-electron chi connectivity index (χ2n) is 3.33. The molecule has 0 atom stereocenters. The Morgan fingerprint density at radius 1 is 1.41 bits per heavy atom. The molecule has 2 heterocycles. The van der Waals surface area contributed by atoms with Crippen LogP contribution < -0.4 is 10.9 Å². The molecule has 88 valence electrons. The second-order valence-corrected chi connectivity index (χ2v) is 5.88. The van der Waals surface area contributed by atoms with E-state index in [0.29, 0.717) is 12.1 Å². The van der Waals surface area contributed by atoms with E-state index >= 15 is 0 Å². The number of carbonyl (C=O) groups excluding carboxylic acids is 1. The minimum atomic E-state index is -0.281. The van der Waals surface area contributed by atoms with Gasteiger partial charge in [-0.1, -0.05) is 0 Å². The molecular formula is C11H9BrN2O2S. The van der Waals surface area contributed by atoms with Crippen LogP contribution in [0.1, 0.15) is 15.2 Å². The Morgan fingerprint density at radius 3 is 2.88 bits per heavy atom. The van der Waals surface area contributed by atoms with Crippen molar-refractivity contribution in [2.24, 2.45) is 0 Å². The highest BCUT2D eigenvalue weighted by Crippen LogP contribution is 2.21. The number of hydrogen-bond donors (Lipinski definition) is 2. The maximum Gasteiger partial charge on any atom is 0.251 e. The van der Waals surface area contributed by atoms with Crippen LogP contribution in [-0.2, 0) is 6.54 Å². The van der Waals surface area contributed by atoms with Crippen LogP contribution in [0, 0.1) is 0 Å². The first-order chi connectivity index (χ1) is 8.15. The highest BCUT2D eigenvalue weighted by molar-refractivity contribution is 9.11. The van der Waals surface area contributed by atoms with E-state index in [-0.39, 0.29) is 11.5 Å². The van der Waals surface area contributed by atoms with Gasteiger partial charge in [0.2, 0.25) is 5.56 Å². The third-order valence-corrected chi connectivity index (χ3v) is 3.71. The Morgan fingerprint density at radius 2 is 2.24 bits per heavy atom. The van der Waals surface area contributed by atoms with E-state index < -0.39 is 0 Å². The smallest absolute Gasteiger partial charge is 0.251 e. The fourth-order valence-corrected chi connectivity index (χ4v) is 2.72. The molecule has 0 aliphatic heterocycles. The summed E-state index contributed by atoms with van der Waals surface area (Å²) in [5.74, 6) is -0.249. The zero-order chi connectivity index (χ0) is 12.3. The summed E-state index contributed by atoms with van der Waals surface area (Å²) < 4.78 is 1.03. The summed E-state index contributed by atoms with van der Waals surface area (Å²) in [5, 5.41) is 2.75. The van der Waals surface area contributed by atoms with Gasteiger partial charge in [0.05, 0.1) is 10.3 Å². The van der Waals surface area contributed by atoms with E-state index in [1.807, 2.05) is 12.1 Å². The maximum absolute atomic E-state index is 11.7. The number of rotatable bonds is 3. The molecule has 0 saturated carbocycles.